The van der Waals surface area contributed by atoms with E-state index in [1.807, 2.05) is 6.07 Å². The van der Waals surface area contributed by atoms with Crippen molar-refractivity contribution in [3.05, 3.63) is 33.5 Å². The minimum absolute atomic E-state index is 0.122. The second kappa shape index (κ2) is 3.68. The van der Waals surface area contributed by atoms with E-state index in [0.717, 1.165) is 5.56 Å². The van der Waals surface area contributed by atoms with Crippen LogP contribution >= 0.6 is 15.9 Å². The average Bonchev–Trinajstić information content (AvgIpc) is 2.06. The highest BCUT2D eigenvalue weighted by atomic mass is 79.9. The van der Waals surface area contributed by atoms with E-state index < -0.39 is 0 Å². The van der Waals surface area contributed by atoms with Gasteiger partial charge in [0.25, 0.3) is 0 Å². The minimum Gasteiger partial charge on any atom is -0.205 e. The Morgan fingerprint density at radius 3 is 2.83 bits per heavy atom. The summed E-state index contributed by atoms with van der Waals surface area (Å²) < 4.78 is 13.7. The number of halogens is 2. The van der Waals surface area contributed by atoms with Gasteiger partial charge in [-0.1, -0.05) is 6.07 Å². The van der Waals surface area contributed by atoms with Crippen LogP contribution in [-0.4, -0.2) is 0 Å². The molecule has 0 saturated carbocycles. The molecule has 0 saturated heterocycles. The van der Waals surface area contributed by atoms with Crippen molar-refractivity contribution >= 4 is 15.9 Å². The summed E-state index contributed by atoms with van der Waals surface area (Å²) in [6.45, 7) is 1.79. The first-order valence-electron chi connectivity index (χ1n) is 3.47. The van der Waals surface area contributed by atoms with E-state index >= 15 is 0 Å². The smallest absolute Gasteiger partial charge is 0.141 e. The number of nitriles is 1. The molecule has 0 atom stereocenters. The van der Waals surface area contributed by atoms with Gasteiger partial charge in [0.1, 0.15) is 5.82 Å². The van der Waals surface area contributed by atoms with Crippen LogP contribution in [0.3, 0.4) is 0 Å². The molecule has 0 amide bonds. The molecule has 0 fully saturated rings. The van der Waals surface area contributed by atoms with Crippen LogP contribution < -0.4 is 0 Å². The number of rotatable bonds is 1. The minimum atomic E-state index is -0.323. The van der Waals surface area contributed by atoms with Gasteiger partial charge in [-0.2, -0.15) is 5.26 Å². The van der Waals surface area contributed by atoms with Crippen molar-refractivity contribution in [3.8, 4) is 6.07 Å². The third-order valence-corrected chi connectivity index (χ3v) is 2.30. The number of benzene rings is 1. The fourth-order valence-electron chi connectivity index (χ4n) is 0.985. The molecule has 1 aromatic rings. The Kier molecular flexibility index (Phi) is 2.83. The molecule has 12 heavy (non-hydrogen) atoms. The van der Waals surface area contributed by atoms with E-state index in [0.29, 0.717) is 10.0 Å². The Morgan fingerprint density at radius 2 is 2.25 bits per heavy atom. The number of hydrogen-bond donors (Lipinski definition) is 0. The van der Waals surface area contributed by atoms with Crippen molar-refractivity contribution < 1.29 is 4.39 Å². The van der Waals surface area contributed by atoms with Crippen molar-refractivity contribution in [2.24, 2.45) is 0 Å². The van der Waals surface area contributed by atoms with Crippen LogP contribution in [-0.2, 0) is 6.42 Å². The molecule has 0 radical (unpaired) electrons. The van der Waals surface area contributed by atoms with Crippen molar-refractivity contribution in [2.45, 2.75) is 13.3 Å². The molecule has 1 nitrogen and oxygen atoms in total. The van der Waals surface area contributed by atoms with Gasteiger partial charge in [0, 0.05) is 5.56 Å². The topological polar surface area (TPSA) is 23.8 Å². The molecule has 0 bridgehead atoms. The predicted octanol–water partition coefficient (Wildman–Crippen LogP) is 2.96. The molecule has 3 heteroatoms. The molecule has 0 aliphatic rings. The van der Waals surface area contributed by atoms with Crippen LogP contribution in [0, 0.1) is 24.1 Å². The number of aryl methyl sites for hydroxylation is 1. The summed E-state index contributed by atoms with van der Waals surface area (Å²) >= 11 is 3.07. The van der Waals surface area contributed by atoms with E-state index in [-0.39, 0.29) is 12.2 Å². The fourth-order valence-corrected chi connectivity index (χ4v) is 1.36. The lowest BCUT2D eigenvalue weighted by Crippen LogP contribution is -1.93. The van der Waals surface area contributed by atoms with E-state index in [1.165, 1.54) is 0 Å². The molecule has 0 N–H and O–H groups in total. The molecular formula is C9H7BrFN. The van der Waals surface area contributed by atoms with Crippen LogP contribution in [0.2, 0.25) is 0 Å². The first-order valence-corrected chi connectivity index (χ1v) is 4.26. The standard InChI is InChI=1S/C9H7BrFN/c1-6-2-3-8(10)9(11)7(6)4-5-12/h2-3H,4H2,1H3. The van der Waals surface area contributed by atoms with Gasteiger partial charge < -0.3 is 0 Å². The van der Waals surface area contributed by atoms with E-state index in [4.69, 9.17) is 5.26 Å². The predicted molar refractivity (Wildman–Crippen MR) is 48.2 cm³/mol. The molecule has 1 rings (SSSR count). The number of nitrogens with zero attached hydrogens (tertiary/aromatic N) is 1. The van der Waals surface area contributed by atoms with Gasteiger partial charge in [0.2, 0.25) is 0 Å². The summed E-state index contributed by atoms with van der Waals surface area (Å²) in [6, 6.07) is 5.37. The van der Waals surface area contributed by atoms with Crippen LogP contribution in [0.4, 0.5) is 4.39 Å². The van der Waals surface area contributed by atoms with Gasteiger partial charge in [-0.05, 0) is 34.5 Å². The third-order valence-electron chi connectivity index (χ3n) is 1.69. The third kappa shape index (κ3) is 1.64. The Morgan fingerprint density at radius 1 is 1.58 bits per heavy atom. The maximum atomic E-state index is 13.3. The molecule has 0 aliphatic carbocycles. The lowest BCUT2D eigenvalue weighted by Gasteiger charge is -2.03. The molecular weight excluding hydrogens is 221 g/mol. The highest BCUT2D eigenvalue weighted by Gasteiger charge is 2.08. The monoisotopic (exact) mass is 227 g/mol. The zero-order chi connectivity index (χ0) is 9.14. The summed E-state index contributed by atoms with van der Waals surface area (Å²) in [5.74, 6) is -0.323. The Bertz CT molecular complexity index is 341. The maximum Gasteiger partial charge on any atom is 0.141 e. The van der Waals surface area contributed by atoms with Crippen molar-refractivity contribution in [1.29, 1.82) is 5.26 Å². The second-order valence-corrected chi connectivity index (χ2v) is 3.35. The first-order chi connectivity index (χ1) is 5.66. The quantitative estimate of drug-likeness (QED) is 0.724. The molecule has 62 valence electrons. The second-order valence-electron chi connectivity index (χ2n) is 2.49. The van der Waals surface area contributed by atoms with Gasteiger partial charge in [-0.25, -0.2) is 4.39 Å². The molecule has 0 aromatic heterocycles. The lowest BCUT2D eigenvalue weighted by atomic mass is 10.1. The van der Waals surface area contributed by atoms with Crippen molar-refractivity contribution in [2.75, 3.05) is 0 Å². The van der Waals surface area contributed by atoms with Gasteiger partial charge in [0.15, 0.2) is 0 Å². The maximum absolute atomic E-state index is 13.3. The lowest BCUT2D eigenvalue weighted by molar-refractivity contribution is 0.607. The van der Waals surface area contributed by atoms with Crippen LogP contribution in [0.15, 0.2) is 16.6 Å². The molecule has 0 heterocycles. The first kappa shape index (κ1) is 9.21. The summed E-state index contributed by atoms with van der Waals surface area (Å²) in [5.41, 5.74) is 1.30. The molecule has 0 aliphatic heterocycles. The summed E-state index contributed by atoms with van der Waals surface area (Å²) in [7, 11) is 0. The van der Waals surface area contributed by atoms with Gasteiger partial charge >= 0.3 is 0 Å². The highest BCUT2D eigenvalue weighted by molar-refractivity contribution is 9.10. The van der Waals surface area contributed by atoms with Crippen LogP contribution in [0.25, 0.3) is 0 Å². The largest absolute Gasteiger partial charge is 0.205 e. The number of hydrogen-bond acceptors (Lipinski definition) is 1. The molecule has 1 aromatic carbocycles. The Balaban J connectivity index is 3.25. The van der Waals surface area contributed by atoms with Gasteiger partial charge in [-0.3, -0.25) is 0 Å². The molecule has 0 unspecified atom stereocenters. The SMILES string of the molecule is Cc1ccc(Br)c(F)c1CC#N. The van der Waals surface area contributed by atoms with E-state index in [1.54, 1.807) is 19.1 Å². The molecule has 0 spiro atoms. The van der Waals surface area contributed by atoms with E-state index in [2.05, 4.69) is 15.9 Å². The summed E-state index contributed by atoms with van der Waals surface area (Å²) in [5, 5.41) is 8.43. The van der Waals surface area contributed by atoms with Gasteiger partial charge in [0.05, 0.1) is 17.0 Å². The highest BCUT2D eigenvalue weighted by Crippen LogP contribution is 2.21. The van der Waals surface area contributed by atoms with Gasteiger partial charge in [-0.15, -0.1) is 0 Å². The van der Waals surface area contributed by atoms with Crippen LogP contribution in [0.1, 0.15) is 11.1 Å². The Labute approximate surface area is 79.0 Å². The van der Waals surface area contributed by atoms with Crippen molar-refractivity contribution in [1.82, 2.24) is 0 Å². The normalized spacial score (nSPS) is 9.50. The van der Waals surface area contributed by atoms with Crippen LogP contribution in [0.5, 0.6) is 0 Å². The fraction of sp³-hybridized carbons (Fsp3) is 0.222. The summed E-state index contributed by atoms with van der Waals surface area (Å²) in [4.78, 5) is 0. The van der Waals surface area contributed by atoms with Crippen molar-refractivity contribution in [3.63, 3.8) is 0 Å². The van der Waals surface area contributed by atoms with E-state index in [9.17, 15) is 4.39 Å². The zero-order valence-electron chi connectivity index (χ0n) is 6.56. The average molecular weight is 228 g/mol. The Hall–Kier alpha value is -0.880. The zero-order valence-corrected chi connectivity index (χ0v) is 8.15. The summed E-state index contributed by atoms with van der Waals surface area (Å²) in [6.07, 6.45) is 0.122.